The molecule has 0 saturated carbocycles. The molecule has 0 spiro atoms. The van der Waals surface area contributed by atoms with Crippen LogP contribution in [-0.4, -0.2) is 81.9 Å². The number of ether oxygens (including phenoxy) is 2. The number of benzene rings is 1. The van der Waals surface area contributed by atoms with Crippen molar-refractivity contribution >= 4 is 21.8 Å². The molecule has 0 aromatic heterocycles. The summed E-state index contributed by atoms with van der Waals surface area (Å²) in [7, 11) is -2.96. The number of urea groups is 1. The first-order chi connectivity index (χ1) is 14.6. The summed E-state index contributed by atoms with van der Waals surface area (Å²) in [5.74, 6) is -2.78. The Labute approximate surface area is 178 Å². The van der Waals surface area contributed by atoms with Gasteiger partial charge in [0.2, 0.25) is 0 Å². The Balaban J connectivity index is 2.19. The van der Waals surface area contributed by atoms with Gasteiger partial charge in [0.05, 0.1) is 24.7 Å². The fraction of sp³-hybridized carbons (Fsp3) is 0.500. The van der Waals surface area contributed by atoms with E-state index in [0.29, 0.717) is 18.1 Å². The number of morpholine rings is 1. The number of nitriles is 1. The molecule has 1 atom stereocenters. The number of sulfone groups is 1. The van der Waals surface area contributed by atoms with Crippen LogP contribution in [0, 0.1) is 11.5 Å². The SMILES string of the molecule is CN(C#N)C(=O)[C@H](CS(=O)(=O)Cc1ccccc1OC(F)F)NC(=O)N1CCOCC1. The quantitative estimate of drug-likeness (QED) is 0.443. The maximum absolute atomic E-state index is 12.7. The number of hydrogen-bond donors (Lipinski definition) is 1. The summed E-state index contributed by atoms with van der Waals surface area (Å²) in [4.78, 5) is 26.9. The van der Waals surface area contributed by atoms with Crippen LogP contribution in [0.3, 0.4) is 0 Å². The van der Waals surface area contributed by atoms with Crippen LogP contribution in [0.5, 0.6) is 5.75 Å². The fourth-order valence-corrected chi connectivity index (χ4v) is 4.41. The monoisotopic (exact) mass is 460 g/mol. The first-order valence-corrected chi connectivity index (χ1v) is 11.0. The Bertz CT molecular complexity index is 931. The zero-order chi connectivity index (χ0) is 23.0. The lowest BCUT2D eigenvalue weighted by Gasteiger charge is -2.29. The van der Waals surface area contributed by atoms with Crippen LogP contribution in [0.15, 0.2) is 24.3 Å². The number of rotatable bonds is 8. The lowest BCUT2D eigenvalue weighted by molar-refractivity contribution is -0.128. The predicted octanol–water partition coefficient (Wildman–Crippen LogP) is 0.553. The van der Waals surface area contributed by atoms with E-state index in [1.54, 1.807) is 6.19 Å². The number of nitrogens with zero attached hydrogens (tertiary/aromatic N) is 3. The van der Waals surface area contributed by atoms with Crippen LogP contribution < -0.4 is 10.1 Å². The van der Waals surface area contributed by atoms with E-state index in [9.17, 15) is 26.8 Å². The van der Waals surface area contributed by atoms with Crippen molar-refractivity contribution in [3.63, 3.8) is 0 Å². The standard InChI is InChI=1S/C18H22F2N4O6S/c1-23(12-21)16(25)14(22-18(26)24-6-8-29-9-7-24)11-31(27,28)10-13-4-2-3-5-15(13)30-17(19)20/h2-5,14,17H,6-11H2,1H3,(H,22,26)/t14-/m0/s1. The third-order valence-electron chi connectivity index (χ3n) is 4.36. The van der Waals surface area contributed by atoms with Crippen molar-refractivity contribution in [2.75, 3.05) is 39.1 Å². The van der Waals surface area contributed by atoms with E-state index in [4.69, 9.17) is 10.00 Å². The number of hydrogen-bond acceptors (Lipinski definition) is 7. The van der Waals surface area contributed by atoms with Gasteiger partial charge < -0.3 is 19.7 Å². The third-order valence-corrected chi connectivity index (χ3v) is 5.95. The summed E-state index contributed by atoms with van der Waals surface area (Å²) in [6.07, 6.45) is 1.56. The molecule has 1 heterocycles. The molecule has 1 aromatic carbocycles. The number of nitrogens with one attached hydrogen (secondary N) is 1. The molecule has 0 bridgehead atoms. The Morgan fingerprint density at radius 3 is 2.58 bits per heavy atom. The smallest absolute Gasteiger partial charge is 0.387 e. The van der Waals surface area contributed by atoms with E-state index in [1.807, 2.05) is 0 Å². The zero-order valence-electron chi connectivity index (χ0n) is 16.7. The molecular formula is C18H22F2N4O6S. The molecule has 1 fully saturated rings. The van der Waals surface area contributed by atoms with Crippen molar-refractivity contribution < 1.29 is 36.3 Å². The van der Waals surface area contributed by atoms with E-state index < -0.39 is 45.9 Å². The number of likely N-dealkylation sites (N-methyl/N-ethyl adjacent to an activating group) is 1. The maximum Gasteiger partial charge on any atom is 0.387 e. The number of para-hydroxylation sites is 1. The van der Waals surface area contributed by atoms with E-state index in [2.05, 4.69) is 10.1 Å². The van der Waals surface area contributed by atoms with Crippen LogP contribution >= 0.6 is 0 Å². The molecule has 1 aromatic rings. The van der Waals surface area contributed by atoms with Gasteiger partial charge in [-0.15, -0.1) is 0 Å². The zero-order valence-corrected chi connectivity index (χ0v) is 17.5. The number of halogens is 2. The number of amides is 3. The topological polar surface area (TPSA) is 129 Å². The summed E-state index contributed by atoms with van der Waals surface area (Å²) in [6, 6.07) is 3.14. The molecule has 170 valence electrons. The summed E-state index contributed by atoms with van der Waals surface area (Å²) >= 11 is 0. The molecule has 1 N–H and O–H groups in total. The van der Waals surface area contributed by atoms with Crippen molar-refractivity contribution in [1.29, 1.82) is 5.26 Å². The van der Waals surface area contributed by atoms with Gasteiger partial charge in [-0.1, -0.05) is 18.2 Å². The number of alkyl halides is 2. The predicted molar refractivity (Wildman–Crippen MR) is 104 cm³/mol. The van der Waals surface area contributed by atoms with Gasteiger partial charge >= 0.3 is 12.6 Å². The Hall–Kier alpha value is -2.98. The first kappa shape index (κ1) is 24.3. The van der Waals surface area contributed by atoms with Crippen LogP contribution in [0.2, 0.25) is 0 Å². The Morgan fingerprint density at radius 1 is 1.32 bits per heavy atom. The molecule has 31 heavy (non-hydrogen) atoms. The van der Waals surface area contributed by atoms with Crippen LogP contribution in [0.1, 0.15) is 5.56 Å². The molecule has 2 rings (SSSR count). The molecule has 1 aliphatic rings. The number of carbonyl (C=O) groups excluding carboxylic acids is 2. The Morgan fingerprint density at radius 2 is 1.97 bits per heavy atom. The van der Waals surface area contributed by atoms with Crippen LogP contribution in [0.25, 0.3) is 0 Å². The van der Waals surface area contributed by atoms with E-state index in [-0.39, 0.29) is 24.4 Å². The normalized spacial score (nSPS) is 15.1. The molecule has 1 aliphatic heterocycles. The van der Waals surface area contributed by atoms with Crippen molar-refractivity contribution in [3.05, 3.63) is 29.8 Å². The molecule has 10 nitrogen and oxygen atoms in total. The van der Waals surface area contributed by atoms with Gasteiger partial charge in [-0.2, -0.15) is 14.0 Å². The highest BCUT2D eigenvalue weighted by Gasteiger charge is 2.32. The molecule has 3 amide bonds. The van der Waals surface area contributed by atoms with Crippen molar-refractivity contribution in [1.82, 2.24) is 15.1 Å². The van der Waals surface area contributed by atoms with Gasteiger partial charge in [0, 0.05) is 25.7 Å². The van der Waals surface area contributed by atoms with Gasteiger partial charge in [0.1, 0.15) is 11.8 Å². The Kier molecular flexibility index (Phi) is 8.52. The van der Waals surface area contributed by atoms with E-state index in [1.165, 1.54) is 29.2 Å². The molecule has 0 unspecified atom stereocenters. The second kappa shape index (κ2) is 10.9. The summed E-state index contributed by atoms with van der Waals surface area (Å²) in [6.45, 7) is -2.04. The van der Waals surface area contributed by atoms with E-state index >= 15 is 0 Å². The highest BCUT2D eigenvalue weighted by molar-refractivity contribution is 7.90. The van der Waals surface area contributed by atoms with Crippen LogP contribution in [-0.2, 0) is 25.1 Å². The fourth-order valence-electron chi connectivity index (χ4n) is 2.85. The second-order valence-corrected chi connectivity index (χ2v) is 8.75. The van der Waals surface area contributed by atoms with Crippen molar-refractivity contribution in [3.8, 4) is 11.9 Å². The highest BCUT2D eigenvalue weighted by Crippen LogP contribution is 2.23. The minimum absolute atomic E-state index is 0.0258. The van der Waals surface area contributed by atoms with Crippen molar-refractivity contribution in [2.24, 2.45) is 0 Å². The van der Waals surface area contributed by atoms with Gasteiger partial charge in [-0.05, 0) is 6.07 Å². The van der Waals surface area contributed by atoms with E-state index in [0.717, 1.165) is 7.05 Å². The molecule has 0 radical (unpaired) electrons. The van der Waals surface area contributed by atoms with Gasteiger partial charge in [0.15, 0.2) is 16.0 Å². The summed E-state index contributed by atoms with van der Waals surface area (Å²) in [5.41, 5.74) is -0.0258. The molecule has 1 saturated heterocycles. The van der Waals surface area contributed by atoms with Gasteiger partial charge in [-0.25, -0.2) is 13.2 Å². The lowest BCUT2D eigenvalue weighted by atomic mass is 10.2. The second-order valence-electron chi connectivity index (χ2n) is 6.64. The summed E-state index contributed by atoms with van der Waals surface area (Å²) in [5, 5.41) is 11.3. The largest absolute Gasteiger partial charge is 0.435 e. The minimum Gasteiger partial charge on any atom is -0.435 e. The first-order valence-electron chi connectivity index (χ1n) is 9.16. The van der Waals surface area contributed by atoms with Gasteiger partial charge in [0.25, 0.3) is 5.91 Å². The summed E-state index contributed by atoms with van der Waals surface area (Å²) < 4.78 is 60.1. The van der Waals surface area contributed by atoms with Crippen LogP contribution in [0.4, 0.5) is 13.6 Å². The third kappa shape index (κ3) is 7.34. The maximum atomic E-state index is 12.7. The highest BCUT2D eigenvalue weighted by atomic mass is 32.2. The molecule has 0 aliphatic carbocycles. The molecule has 13 heteroatoms. The van der Waals surface area contributed by atoms with Crippen molar-refractivity contribution in [2.45, 2.75) is 18.4 Å². The minimum atomic E-state index is -4.09. The average molecular weight is 460 g/mol. The number of carbonyl (C=O) groups is 2. The molecular weight excluding hydrogens is 438 g/mol. The average Bonchev–Trinajstić information content (AvgIpc) is 2.73. The van der Waals surface area contributed by atoms with Gasteiger partial charge in [-0.3, -0.25) is 9.69 Å². The lowest BCUT2D eigenvalue weighted by Crippen LogP contribution is -2.55.